The van der Waals surface area contributed by atoms with Crippen LogP contribution in [0.5, 0.6) is 0 Å². The van der Waals surface area contributed by atoms with Crippen LogP contribution in [0.2, 0.25) is 0 Å². The van der Waals surface area contributed by atoms with E-state index in [0.717, 1.165) is 11.3 Å². The van der Waals surface area contributed by atoms with Gasteiger partial charge in [0.25, 0.3) is 0 Å². The number of nitrogens with one attached hydrogen (secondary N) is 1. The first-order valence-electron chi connectivity index (χ1n) is 5.47. The summed E-state index contributed by atoms with van der Waals surface area (Å²) in [6.07, 6.45) is 1.52. The molecule has 4 heteroatoms. The summed E-state index contributed by atoms with van der Waals surface area (Å²) in [5, 5.41) is 13.2. The second kappa shape index (κ2) is 6.18. The van der Waals surface area contributed by atoms with Crippen molar-refractivity contribution in [1.29, 1.82) is 0 Å². The van der Waals surface area contributed by atoms with Gasteiger partial charge in [-0.3, -0.25) is 4.99 Å². The van der Waals surface area contributed by atoms with Crippen LogP contribution in [0, 0.1) is 0 Å². The average Bonchev–Trinajstić information content (AvgIpc) is 2.35. The van der Waals surface area contributed by atoms with Gasteiger partial charge >= 0.3 is 0 Å². The Morgan fingerprint density at radius 1 is 1.53 bits per heavy atom. The molecule has 0 aliphatic carbocycles. The SMILES string of the molecule is C=C(C)NC=NCC(O)(CN)c1ccccc1. The second-order valence-electron chi connectivity index (χ2n) is 4.00. The molecule has 0 aliphatic rings. The van der Waals surface area contributed by atoms with Gasteiger partial charge in [-0.05, 0) is 12.5 Å². The Hall–Kier alpha value is -1.65. The Labute approximate surface area is 102 Å². The van der Waals surface area contributed by atoms with E-state index in [9.17, 15) is 5.11 Å². The van der Waals surface area contributed by atoms with Crippen molar-refractivity contribution in [3.63, 3.8) is 0 Å². The van der Waals surface area contributed by atoms with Crippen LogP contribution >= 0.6 is 0 Å². The number of hydrogen-bond donors (Lipinski definition) is 3. The van der Waals surface area contributed by atoms with E-state index in [1.54, 1.807) is 0 Å². The van der Waals surface area contributed by atoms with Gasteiger partial charge in [0.1, 0.15) is 5.60 Å². The maximum absolute atomic E-state index is 10.4. The first kappa shape index (κ1) is 13.4. The summed E-state index contributed by atoms with van der Waals surface area (Å²) in [5.41, 5.74) is 6.07. The lowest BCUT2D eigenvalue weighted by atomic mass is 9.94. The minimum Gasteiger partial charge on any atom is -0.382 e. The molecular weight excluding hydrogens is 214 g/mol. The van der Waals surface area contributed by atoms with E-state index in [-0.39, 0.29) is 13.1 Å². The summed E-state index contributed by atoms with van der Waals surface area (Å²) in [5.74, 6) is 0. The van der Waals surface area contributed by atoms with Crippen molar-refractivity contribution in [3.8, 4) is 0 Å². The number of hydrogen-bond acceptors (Lipinski definition) is 3. The van der Waals surface area contributed by atoms with Crippen LogP contribution in [-0.4, -0.2) is 24.5 Å². The van der Waals surface area contributed by atoms with Gasteiger partial charge in [0, 0.05) is 12.2 Å². The zero-order valence-electron chi connectivity index (χ0n) is 10.1. The first-order chi connectivity index (χ1) is 8.08. The predicted octanol–water partition coefficient (Wildman–Crippen LogP) is 0.984. The number of aliphatic hydroxyl groups is 1. The zero-order valence-corrected chi connectivity index (χ0v) is 10.1. The number of benzene rings is 1. The molecule has 17 heavy (non-hydrogen) atoms. The van der Waals surface area contributed by atoms with E-state index in [0.29, 0.717) is 0 Å². The van der Waals surface area contributed by atoms with Crippen LogP contribution in [0.25, 0.3) is 0 Å². The van der Waals surface area contributed by atoms with E-state index in [1.165, 1.54) is 6.34 Å². The van der Waals surface area contributed by atoms with Crippen LogP contribution < -0.4 is 11.1 Å². The Bertz CT molecular complexity index is 389. The quantitative estimate of drug-likeness (QED) is 0.507. The monoisotopic (exact) mass is 233 g/mol. The molecule has 0 saturated heterocycles. The molecular formula is C13H19N3O. The number of nitrogens with zero attached hydrogens (tertiary/aromatic N) is 1. The van der Waals surface area contributed by atoms with E-state index in [2.05, 4.69) is 16.9 Å². The van der Waals surface area contributed by atoms with Crippen molar-refractivity contribution in [2.75, 3.05) is 13.1 Å². The van der Waals surface area contributed by atoms with Crippen LogP contribution in [0.4, 0.5) is 0 Å². The van der Waals surface area contributed by atoms with Crippen molar-refractivity contribution >= 4 is 6.34 Å². The molecule has 0 amide bonds. The minimum atomic E-state index is -1.12. The highest BCUT2D eigenvalue weighted by molar-refractivity contribution is 5.56. The Morgan fingerprint density at radius 3 is 2.71 bits per heavy atom. The molecule has 0 saturated carbocycles. The lowest BCUT2D eigenvalue weighted by Crippen LogP contribution is -2.38. The third kappa shape index (κ3) is 4.01. The lowest BCUT2D eigenvalue weighted by Gasteiger charge is -2.24. The normalized spacial score (nSPS) is 14.5. The Kier molecular flexibility index (Phi) is 4.87. The van der Waals surface area contributed by atoms with Crippen molar-refractivity contribution in [2.24, 2.45) is 10.7 Å². The molecule has 1 unspecified atom stereocenters. The maximum Gasteiger partial charge on any atom is 0.121 e. The van der Waals surface area contributed by atoms with Crippen LogP contribution in [0.15, 0.2) is 47.6 Å². The molecule has 4 nitrogen and oxygen atoms in total. The van der Waals surface area contributed by atoms with Gasteiger partial charge in [-0.1, -0.05) is 36.9 Å². The summed E-state index contributed by atoms with van der Waals surface area (Å²) in [6.45, 7) is 5.85. The molecule has 1 rings (SSSR count). The van der Waals surface area contributed by atoms with Gasteiger partial charge in [-0.15, -0.1) is 0 Å². The summed E-state index contributed by atoms with van der Waals surface area (Å²) in [7, 11) is 0. The highest BCUT2D eigenvalue weighted by atomic mass is 16.3. The Morgan fingerprint density at radius 2 is 2.18 bits per heavy atom. The highest BCUT2D eigenvalue weighted by Gasteiger charge is 2.26. The van der Waals surface area contributed by atoms with Crippen LogP contribution in [0.1, 0.15) is 12.5 Å². The number of nitrogens with two attached hydrogens (primary N) is 1. The summed E-state index contributed by atoms with van der Waals surface area (Å²) in [4.78, 5) is 4.10. The summed E-state index contributed by atoms with van der Waals surface area (Å²) in [6, 6.07) is 9.31. The topological polar surface area (TPSA) is 70.6 Å². The standard InChI is InChI=1S/C13H19N3O/c1-11(2)16-10-15-9-13(17,8-14)12-6-4-3-5-7-12/h3-7,10,17H,1,8-9,14H2,2H3,(H,15,16). The number of rotatable bonds is 6. The smallest absolute Gasteiger partial charge is 0.121 e. The minimum absolute atomic E-state index is 0.126. The molecule has 0 fully saturated rings. The fraction of sp³-hybridized carbons (Fsp3) is 0.308. The third-order valence-electron chi connectivity index (χ3n) is 2.40. The van der Waals surface area contributed by atoms with E-state index in [4.69, 9.17) is 5.73 Å². The second-order valence-corrected chi connectivity index (χ2v) is 4.00. The largest absolute Gasteiger partial charge is 0.382 e. The summed E-state index contributed by atoms with van der Waals surface area (Å²) >= 11 is 0. The third-order valence-corrected chi connectivity index (χ3v) is 2.40. The fourth-order valence-electron chi connectivity index (χ4n) is 1.37. The Balaban J connectivity index is 2.70. The fourth-order valence-corrected chi connectivity index (χ4v) is 1.37. The molecule has 1 atom stereocenters. The van der Waals surface area contributed by atoms with E-state index in [1.807, 2.05) is 37.3 Å². The van der Waals surface area contributed by atoms with Crippen molar-refractivity contribution < 1.29 is 5.11 Å². The molecule has 0 spiro atoms. The van der Waals surface area contributed by atoms with Gasteiger partial charge in [0.15, 0.2) is 0 Å². The molecule has 0 aromatic heterocycles. The van der Waals surface area contributed by atoms with Gasteiger partial charge in [-0.25, -0.2) is 0 Å². The molecule has 1 aromatic carbocycles. The molecule has 0 heterocycles. The van der Waals surface area contributed by atoms with Gasteiger partial charge in [0.05, 0.1) is 12.9 Å². The van der Waals surface area contributed by atoms with Crippen LogP contribution in [0.3, 0.4) is 0 Å². The number of allylic oxidation sites excluding steroid dienone is 1. The van der Waals surface area contributed by atoms with Gasteiger partial charge < -0.3 is 16.2 Å². The maximum atomic E-state index is 10.4. The van der Waals surface area contributed by atoms with E-state index < -0.39 is 5.60 Å². The molecule has 92 valence electrons. The molecule has 0 bridgehead atoms. The predicted molar refractivity (Wildman–Crippen MR) is 70.7 cm³/mol. The van der Waals surface area contributed by atoms with Crippen molar-refractivity contribution in [3.05, 3.63) is 48.2 Å². The van der Waals surface area contributed by atoms with Gasteiger partial charge in [-0.2, -0.15) is 0 Å². The van der Waals surface area contributed by atoms with Crippen molar-refractivity contribution in [2.45, 2.75) is 12.5 Å². The summed E-state index contributed by atoms with van der Waals surface area (Å²) < 4.78 is 0. The molecule has 0 aliphatic heterocycles. The highest BCUT2D eigenvalue weighted by Crippen LogP contribution is 2.19. The molecule has 0 radical (unpaired) electrons. The van der Waals surface area contributed by atoms with Gasteiger partial charge in [0.2, 0.25) is 0 Å². The lowest BCUT2D eigenvalue weighted by molar-refractivity contribution is 0.0560. The zero-order chi connectivity index (χ0) is 12.7. The molecule has 4 N–H and O–H groups in total. The number of aliphatic imine (C=N–C) groups is 1. The van der Waals surface area contributed by atoms with Crippen molar-refractivity contribution in [1.82, 2.24) is 5.32 Å². The first-order valence-corrected chi connectivity index (χ1v) is 5.47. The molecule has 1 aromatic rings. The van der Waals surface area contributed by atoms with E-state index >= 15 is 0 Å². The average molecular weight is 233 g/mol. The van der Waals surface area contributed by atoms with Crippen LogP contribution in [-0.2, 0) is 5.60 Å².